The normalized spacial score (nSPS) is 14.8. The minimum Gasteiger partial charge on any atom is -0.462 e. The molecular formula is C33H29N3O4. The van der Waals surface area contributed by atoms with Crippen LogP contribution >= 0.6 is 0 Å². The van der Waals surface area contributed by atoms with Gasteiger partial charge in [0.15, 0.2) is 5.76 Å². The predicted molar refractivity (Wildman–Crippen MR) is 157 cm³/mol. The lowest BCUT2D eigenvalue weighted by molar-refractivity contribution is -0.122. The van der Waals surface area contributed by atoms with E-state index in [1.165, 1.54) is 4.90 Å². The molecule has 7 heteroatoms. The zero-order valence-electron chi connectivity index (χ0n) is 22.4. The van der Waals surface area contributed by atoms with E-state index >= 15 is 0 Å². The molecular weight excluding hydrogens is 502 g/mol. The molecule has 0 radical (unpaired) electrons. The number of ether oxygens (including phenoxy) is 2. The summed E-state index contributed by atoms with van der Waals surface area (Å²) < 4.78 is 11.1. The van der Waals surface area contributed by atoms with Crippen molar-refractivity contribution in [1.82, 2.24) is 4.90 Å². The summed E-state index contributed by atoms with van der Waals surface area (Å²) in [5, 5.41) is 0. The third-order valence-electron chi connectivity index (χ3n) is 6.30. The van der Waals surface area contributed by atoms with Gasteiger partial charge in [0.1, 0.15) is 0 Å². The quantitative estimate of drug-likeness (QED) is 0.177. The van der Waals surface area contributed by atoms with Gasteiger partial charge in [-0.15, -0.1) is 0 Å². The van der Waals surface area contributed by atoms with Gasteiger partial charge in [-0.1, -0.05) is 60.7 Å². The van der Waals surface area contributed by atoms with Crippen LogP contribution in [-0.4, -0.2) is 35.9 Å². The average molecular weight is 532 g/mol. The molecule has 0 bridgehead atoms. The maximum absolute atomic E-state index is 13.2. The molecule has 1 saturated heterocycles. The van der Waals surface area contributed by atoms with E-state index < -0.39 is 5.97 Å². The fraction of sp³-hybridized carbons (Fsp3) is 0.121. The van der Waals surface area contributed by atoms with Crippen LogP contribution in [0, 0.1) is 0 Å². The molecule has 5 rings (SSSR count). The van der Waals surface area contributed by atoms with Gasteiger partial charge in [-0.2, -0.15) is 4.99 Å². The molecule has 7 nitrogen and oxygen atoms in total. The van der Waals surface area contributed by atoms with Gasteiger partial charge in [0.25, 0.3) is 5.91 Å². The Morgan fingerprint density at radius 2 is 1.40 bits per heavy atom. The summed E-state index contributed by atoms with van der Waals surface area (Å²) in [6, 6.07) is 35.1. The topological polar surface area (TPSA) is 71.4 Å². The van der Waals surface area contributed by atoms with E-state index in [1.54, 1.807) is 37.3 Å². The summed E-state index contributed by atoms with van der Waals surface area (Å²) in [4.78, 5) is 33.7. The number of hydrogen-bond donors (Lipinski definition) is 0. The molecule has 0 N–H and O–H groups in total. The van der Waals surface area contributed by atoms with E-state index in [4.69, 9.17) is 9.47 Å². The highest BCUT2D eigenvalue weighted by atomic mass is 16.5. The number of aliphatic imine (C=N–C) groups is 1. The van der Waals surface area contributed by atoms with E-state index in [1.807, 2.05) is 67.6 Å². The SMILES string of the molecule is CCOC(=O)c1ccccc1/N=C1/O/C(=C/c2ccc(N(c3ccccc3)c3ccccc3)cc2)C(=O)N1CC. The highest BCUT2D eigenvalue weighted by molar-refractivity contribution is 6.12. The molecule has 0 spiro atoms. The highest BCUT2D eigenvalue weighted by Gasteiger charge is 2.34. The smallest absolute Gasteiger partial charge is 0.340 e. The van der Waals surface area contributed by atoms with Crippen molar-refractivity contribution in [2.24, 2.45) is 4.99 Å². The summed E-state index contributed by atoms with van der Waals surface area (Å²) in [7, 11) is 0. The standard InChI is InChI=1S/C33H29N3O4/c1-3-35-31(37)30(40-33(35)34-29-18-12-11-17-28(29)32(38)39-4-2)23-24-19-21-27(22-20-24)36(25-13-7-5-8-14-25)26-15-9-6-10-16-26/h5-23H,3-4H2,1-2H3/b30-23+,34-33+. The van der Waals surface area contributed by atoms with Gasteiger partial charge in [0.05, 0.1) is 17.9 Å². The fourth-order valence-corrected chi connectivity index (χ4v) is 4.40. The molecule has 0 saturated carbocycles. The van der Waals surface area contributed by atoms with Crippen LogP contribution in [0.15, 0.2) is 120 Å². The van der Waals surface area contributed by atoms with Gasteiger partial charge >= 0.3 is 12.0 Å². The summed E-state index contributed by atoms with van der Waals surface area (Å²) in [5.74, 6) is -0.621. The van der Waals surface area contributed by atoms with Crippen molar-refractivity contribution in [2.75, 3.05) is 18.1 Å². The Kier molecular flexibility index (Phi) is 8.02. The molecule has 4 aromatic carbocycles. The van der Waals surface area contributed by atoms with Gasteiger partial charge in [0, 0.05) is 23.6 Å². The number of esters is 1. The lowest BCUT2D eigenvalue weighted by Gasteiger charge is -2.25. The van der Waals surface area contributed by atoms with Crippen LogP contribution in [0.25, 0.3) is 6.08 Å². The minimum atomic E-state index is -0.481. The van der Waals surface area contributed by atoms with Gasteiger partial charge in [0.2, 0.25) is 0 Å². The molecule has 1 aliphatic heterocycles. The predicted octanol–water partition coefficient (Wildman–Crippen LogP) is 7.24. The Balaban J connectivity index is 1.43. The number of likely N-dealkylation sites (N-methyl/N-ethyl adjacent to an activating group) is 1. The molecule has 4 aromatic rings. The molecule has 0 aliphatic carbocycles. The van der Waals surface area contributed by atoms with Crippen molar-refractivity contribution in [1.29, 1.82) is 0 Å². The maximum Gasteiger partial charge on any atom is 0.340 e. The van der Waals surface area contributed by atoms with Crippen molar-refractivity contribution in [3.8, 4) is 0 Å². The first-order valence-corrected chi connectivity index (χ1v) is 13.2. The molecule has 1 amide bonds. The molecule has 0 unspecified atom stereocenters. The Labute approximate surface area is 233 Å². The first-order valence-electron chi connectivity index (χ1n) is 13.2. The van der Waals surface area contributed by atoms with Crippen LogP contribution < -0.4 is 4.90 Å². The average Bonchev–Trinajstić information content (AvgIpc) is 3.28. The number of amidine groups is 1. The second kappa shape index (κ2) is 12.1. The first-order chi connectivity index (χ1) is 19.6. The molecule has 200 valence electrons. The number of rotatable bonds is 8. The second-order valence-corrected chi connectivity index (χ2v) is 8.89. The number of anilines is 3. The summed E-state index contributed by atoms with van der Waals surface area (Å²) in [6.45, 7) is 4.19. The van der Waals surface area contributed by atoms with Crippen LogP contribution in [0.1, 0.15) is 29.8 Å². The van der Waals surface area contributed by atoms with Crippen molar-refractivity contribution in [3.63, 3.8) is 0 Å². The van der Waals surface area contributed by atoms with Crippen molar-refractivity contribution in [2.45, 2.75) is 13.8 Å². The number of amides is 1. The van der Waals surface area contributed by atoms with Gasteiger partial charge in [-0.05, 0) is 74.0 Å². The molecule has 0 aromatic heterocycles. The van der Waals surface area contributed by atoms with Gasteiger partial charge in [-0.25, -0.2) is 4.79 Å². The van der Waals surface area contributed by atoms with Gasteiger partial charge < -0.3 is 14.4 Å². The zero-order valence-corrected chi connectivity index (χ0v) is 22.4. The Morgan fingerprint density at radius 3 is 2.00 bits per heavy atom. The van der Waals surface area contributed by atoms with Crippen LogP contribution in [0.2, 0.25) is 0 Å². The van der Waals surface area contributed by atoms with E-state index in [-0.39, 0.29) is 24.3 Å². The van der Waals surface area contributed by atoms with Crippen LogP contribution in [0.4, 0.5) is 22.7 Å². The third kappa shape index (κ3) is 5.63. The van der Waals surface area contributed by atoms with Gasteiger partial charge in [-0.3, -0.25) is 9.69 Å². The zero-order chi connectivity index (χ0) is 27.9. The highest BCUT2D eigenvalue weighted by Crippen LogP contribution is 2.34. The molecule has 1 aliphatic rings. The lowest BCUT2D eigenvalue weighted by Crippen LogP contribution is -2.29. The second-order valence-electron chi connectivity index (χ2n) is 8.89. The van der Waals surface area contributed by atoms with Crippen molar-refractivity contribution >= 4 is 46.7 Å². The van der Waals surface area contributed by atoms with Crippen LogP contribution in [0.5, 0.6) is 0 Å². The Bertz CT molecular complexity index is 1510. The first kappa shape index (κ1) is 26.4. The Hall–Kier alpha value is -5.17. The summed E-state index contributed by atoms with van der Waals surface area (Å²) in [6.07, 6.45) is 1.70. The molecule has 40 heavy (non-hydrogen) atoms. The van der Waals surface area contributed by atoms with Crippen LogP contribution in [0.3, 0.4) is 0 Å². The number of carbonyl (C=O) groups is 2. The van der Waals surface area contributed by atoms with E-state index in [0.717, 1.165) is 22.6 Å². The van der Waals surface area contributed by atoms with E-state index in [0.29, 0.717) is 17.8 Å². The number of para-hydroxylation sites is 3. The fourth-order valence-electron chi connectivity index (χ4n) is 4.40. The maximum atomic E-state index is 13.2. The number of hydrogen-bond acceptors (Lipinski definition) is 6. The molecule has 1 fully saturated rings. The van der Waals surface area contributed by atoms with Crippen molar-refractivity contribution in [3.05, 3.63) is 126 Å². The minimum absolute atomic E-state index is 0.117. The summed E-state index contributed by atoms with van der Waals surface area (Å²) >= 11 is 0. The van der Waals surface area contributed by atoms with E-state index in [2.05, 4.69) is 34.2 Å². The van der Waals surface area contributed by atoms with Crippen molar-refractivity contribution < 1.29 is 19.1 Å². The lowest BCUT2D eigenvalue weighted by atomic mass is 10.1. The van der Waals surface area contributed by atoms with Crippen LogP contribution in [-0.2, 0) is 14.3 Å². The number of carbonyl (C=O) groups excluding carboxylic acids is 2. The van der Waals surface area contributed by atoms with E-state index in [9.17, 15) is 9.59 Å². The number of benzene rings is 4. The molecule has 1 heterocycles. The summed E-state index contributed by atoms with van der Waals surface area (Å²) in [5.41, 5.74) is 4.53. The largest absolute Gasteiger partial charge is 0.462 e. The third-order valence-corrected chi connectivity index (χ3v) is 6.30. The Morgan fingerprint density at radius 1 is 0.825 bits per heavy atom. The molecule has 0 atom stereocenters. The monoisotopic (exact) mass is 531 g/mol. The number of nitrogens with zero attached hydrogens (tertiary/aromatic N) is 3.